The molecule has 0 aliphatic rings. The Balaban J connectivity index is 2.01. The van der Waals surface area contributed by atoms with Crippen molar-refractivity contribution in [3.8, 4) is 5.75 Å². The molecular formula is C18H17BrO4. The molecule has 120 valence electrons. The Kier molecular flexibility index (Phi) is 5.93. The standard InChI is InChI=1S/C18H17BrO4/c1-12(2)11-22-17(20)13-7-9-14(10-8-13)23-18(21)15-5-3-4-6-16(15)19/h3-10,12H,11H2,1-2H3. The molecule has 0 atom stereocenters. The number of hydrogen-bond acceptors (Lipinski definition) is 4. The Hall–Kier alpha value is -2.14. The van der Waals surface area contributed by atoms with Crippen molar-refractivity contribution in [2.24, 2.45) is 5.92 Å². The number of hydrogen-bond donors (Lipinski definition) is 0. The zero-order valence-electron chi connectivity index (χ0n) is 12.9. The predicted octanol–water partition coefficient (Wildman–Crippen LogP) is 4.48. The molecule has 0 N–H and O–H groups in total. The molecule has 0 saturated carbocycles. The van der Waals surface area contributed by atoms with Crippen LogP contribution in [0.25, 0.3) is 0 Å². The number of carbonyl (C=O) groups excluding carboxylic acids is 2. The molecule has 0 aliphatic heterocycles. The number of esters is 2. The van der Waals surface area contributed by atoms with Gasteiger partial charge in [-0.25, -0.2) is 9.59 Å². The van der Waals surface area contributed by atoms with Gasteiger partial charge < -0.3 is 9.47 Å². The van der Waals surface area contributed by atoms with Gasteiger partial charge in [-0.3, -0.25) is 0 Å². The lowest BCUT2D eigenvalue weighted by Gasteiger charge is -2.08. The fourth-order valence-corrected chi connectivity index (χ4v) is 2.22. The number of rotatable bonds is 5. The summed E-state index contributed by atoms with van der Waals surface area (Å²) in [6.45, 7) is 4.31. The molecule has 2 rings (SSSR count). The maximum Gasteiger partial charge on any atom is 0.344 e. The molecule has 4 nitrogen and oxygen atoms in total. The van der Waals surface area contributed by atoms with Gasteiger partial charge in [-0.1, -0.05) is 26.0 Å². The highest BCUT2D eigenvalue weighted by molar-refractivity contribution is 9.10. The first-order valence-corrected chi connectivity index (χ1v) is 8.00. The molecule has 0 unspecified atom stereocenters. The molecule has 5 heteroatoms. The van der Waals surface area contributed by atoms with Crippen molar-refractivity contribution in [2.75, 3.05) is 6.61 Å². The van der Waals surface area contributed by atoms with Crippen LogP contribution >= 0.6 is 15.9 Å². The zero-order valence-corrected chi connectivity index (χ0v) is 14.5. The van der Waals surface area contributed by atoms with Crippen molar-refractivity contribution in [3.05, 3.63) is 64.1 Å². The van der Waals surface area contributed by atoms with E-state index in [1.807, 2.05) is 19.9 Å². The maximum atomic E-state index is 12.1. The third-order valence-corrected chi connectivity index (χ3v) is 3.63. The molecule has 0 aliphatic carbocycles. The molecule has 0 heterocycles. The average molecular weight is 377 g/mol. The normalized spacial score (nSPS) is 10.4. The van der Waals surface area contributed by atoms with E-state index < -0.39 is 5.97 Å². The molecule has 0 bridgehead atoms. The van der Waals surface area contributed by atoms with Crippen LogP contribution in [0.15, 0.2) is 53.0 Å². The lowest BCUT2D eigenvalue weighted by atomic mass is 10.2. The first kappa shape index (κ1) is 17.2. The van der Waals surface area contributed by atoms with E-state index in [0.717, 1.165) is 0 Å². The van der Waals surface area contributed by atoms with Crippen molar-refractivity contribution in [2.45, 2.75) is 13.8 Å². The van der Waals surface area contributed by atoms with Crippen LogP contribution < -0.4 is 4.74 Å². The van der Waals surface area contributed by atoms with Crippen molar-refractivity contribution in [3.63, 3.8) is 0 Å². The van der Waals surface area contributed by atoms with E-state index in [9.17, 15) is 9.59 Å². The smallest absolute Gasteiger partial charge is 0.344 e. The molecule has 2 aromatic carbocycles. The number of halogens is 1. The summed E-state index contributed by atoms with van der Waals surface area (Å²) in [6, 6.07) is 13.3. The third kappa shape index (κ3) is 4.93. The largest absolute Gasteiger partial charge is 0.462 e. The third-order valence-electron chi connectivity index (χ3n) is 2.94. The molecule has 0 saturated heterocycles. The minimum Gasteiger partial charge on any atom is -0.462 e. The second kappa shape index (κ2) is 7.92. The molecule has 0 radical (unpaired) electrons. The quantitative estimate of drug-likeness (QED) is 0.570. The van der Waals surface area contributed by atoms with Gasteiger partial charge in [-0.2, -0.15) is 0 Å². The molecular weight excluding hydrogens is 360 g/mol. The molecule has 2 aromatic rings. The minimum atomic E-state index is -0.465. The maximum absolute atomic E-state index is 12.1. The van der Waals surface area contributed by atoms with E-state index in [4.69, 9.17) is 9.47 Å². The first-order valence-electron chi connectivity index (χ1n) is 7.21. The molecule has 0 fully saturated rings. The first-order chi connectivity index (χ1) is 11.0. The van der Waals surface area contributed by atoms with E-state index in [1.54, 1.807) is 42.5 Å². The summed E-state index contributed by atoms with van der Waals surface area (Å²) in [5.41, 5.74) is 0.860. The number of carbonyl (C=O) groups is 2. The number of benzene rings is 2. The SMILES string of the molecule is CC(C)COC(=O)c1ccc(OC(=O)c2ccccc2Br)cc1. The Bertz CT molecular complexity index is 692. The summed E-state index contributed by atoms with van der Waals surface area (Å²) >= 11 is 3.31. The molecule has 0 amide bonds. The second-order valence-electron chi connectivity index (χ2n) is 5.39. The summed E-state index contributed by atoms with van der Waals surface area (Å²) in [7, 11) is 0. The monoisotopic (exact) mass is 376 g/mol. The van der Waals surface area contributed by atoms with Gasteiger partial charge in [0.15, 0.2) is 0 Å². The molecule has 23 heavy (non-hydrogen) atoms. The van der Waals surface area contributed by atoms with Crippen LogP contribution in [-0.2, 0) is 4.74 Å². The average Bonchev–Trinajstić information content (AvgIpc) is 2.53. The topological polar surface area (TPSA) is 52.6 Å². The van der Waals surface area contributed by atoms with Crippen LogP contribution in [0.5, 0.6) is 5.75 Å². The van der Waals surface area contributed by atoms with E-state index >= 15 is 0 Å². The Labute approximate surface area is 143 Å². The second-order valence-corrected chi connectivity index (χ2v) is 6.24. The van der Waals surface area contributed by atoms with Gasteiger partial charge in [0.25, 0.3) is 0 Å². The van der Waals surface area contributed by atoms with Crippen LogP contribution in [-0.4, -0.2) is 18.5 Å². The van der Waals surface area contributed by atoms with Crippen molar-refractivity contribution in [1.29, 1.82) is 0 Å². The van der Waals surface area contributed by atoms with Gasteiger partial charge in [0.05, 0.1) is 17.7 Å². The van der Waals surface area contributed by atoms with Gasteiger partial charge in [-0.05, 0) is 58.2 Å². The van der Waals surface area contributed by atoms with E-state index in [-0.39, 0.29) is 11.9 Å². The molecule has 0 aromatic heterocycles. The fourth-order valence-electron chi connectivity index (χ4n) is 1.77. The Morgan fingerprint density at radius 3 is 2.26 bits per heavy atom. The van der Waals surface area contributed by atoms with E-state index in [2.05, 4.69) is 15.9 Å². The van der Waals surface area contributed by atoms with E-state index in [1.165, 1.54) is 0 Å². The van der Waals surface area contributed by atoms with Gasteiger partial charge in [0.2, 0.25) is 0 Å². The summed E-state index contributed by atoms with van der Waals surface area (Å²) in [5.74, 6) is -0.204. The van der Waals surface area contributed by atoms with E-state index in [0.29, 0.717) is 28.0 Å². The lowest BCUT2D eigenvalue weighted by Crippen LogP contribution is -2.11. The molecule has 0 spiro atoms. The van der Waals surface area contributed by atoms with Gasteiger partial charge in [-0.15, -0.1) is 0 Å². The summed E-state index contributed by atoms with van der Waals surface area (Å²) in [6.07, 6.45) is 0. The van der Waals surface area contributed by atoms with Crippen LogP contribution in [0.4, 0.5) is 0 Å². The number of ether oxygens (including phenoxy) is 2. The van der Waals surface area contributed by atoms with Crippen LogP contribution in [0.3, 0.4) is 0 Å². The van der Waals surface area contributed by atoms with Gasteiger partial charge in [0, 0.05) is 4.47 Å². The fraction of sp³-hybridized carbons (Fsp3) is 0.222. The van der Waals surface area contributed by atoms with Crippen molar-refractivity contribution < 1.29 is 19.1 Å². The minimum absolute atomic E-state index is 0.281. The van der Waals surface area contributed by atoms with Crippen LogP contribution in [0.1, 0.15) is 34.6 Å². The highest BCUT2D eigenvalue weighted by Crippen LogP contribution is 2.19. The Morgan fingerprint density at radius 1 is 1.00 bits per heavy atom. The Morgan fingerprint density at radius 2 is 1.65 bits per heavy atom. The van der Waals surface area contributed by atoms with Crippen molar-refractivity contribution >= 4 is 27.9 Å². The highest BCUT2D eigenvalue weighted by atomic mass is 79.9. The highest BCUT2D eigenvalue weighted by Gasteiger charge is 2.13. The van der Waals surface area contributed by atoms with Gasteiger partial charge >= 0.3 is 11.9 Å². The van der Waals surface area contributed by atoms with Crippen LogP contribution in [0.2, 0.25) is 0 Å². The summed E-state index contributed by atoms with van der Waals surface area (Å²) in [5, 5.41) is 0. The van der Waals surface area contributed by atoms with Crippen molar-refractivity contribution in [1.82, 2.24) is 0 Å². The van der Waals surface area contributed by atoms with Gasteiger partial charge in [0.1, 0.15) is 5.75 Å². The predicted molar refractivity (Wildman–Crippen MR) is 90.7 cm³/mol. The summed E-state index contributed by atoms with van der Waals surface area (Å²) < 4.78 is 11.1. The zero-order chi connectivity index (χ0) is 16.8. The van der Waals surface area contributed by atoms with Crippen LogP contribution in [0, 0.1) is 5.92 Å². The summed E-state index contributed by atoms with van der Waals surface area (Å²) in [4.78, 5) is 23.9. The lowest BCUT2D eigenvalue weighted by molar-refractivity contribution is 0.0459.